The number of nitrogens with zero attached hydrogens (tertiary/aromatic N) is 2. The minimum Gasteiger partial charge on any atom is -0.265 e. The van der Waals surface area contributed by atoms with Crippen molar-refractivity contribution in [3.63, 3.8) is 0 Å². The van der Waals surface area contributed by atoms with Crippen LogP contribution in [0.5, 0.6) is 0 Å². The fraction of sp³-hybridized carbons (Fsp3) is 0.158. The number of hydrogen-bond acceptors (Lipinski definition) is 2. The molecular formula is C19H16N2. The molecule has 3 aromatic rings. The quantitative estimate of drug-likeness (QED) is 0.654. The first-order valence-corrected chi connectivity index (χ1v) is 7.18. The molecule has 0 bridgehead atoms. The van der Waals surface area contributed by atoms with E-state index in [1.54, 1.807) is 0 Å². The molecule has 0 aliphatic heterocycles. The molecule has 4 rings (SSSR count). The average molecular weight is 272 g/mol. The summed E-state index contributed by atoms with van der Waals surface area (Å²) in [6, 6.07) is 13.0. The standard InChI is InChI=1S/C19H16N2/c1-19(2)17-11-14(13-5-8-20-9-6-13)3-4-15(17)16-7-10-21-12-18(16)19/h3-12H,1-2H3. The summed E-state index contributed by atoms with van der Waals surface area (Å²) in [6.07, 6.45) is 7.56. The molecule has 0 spiro atoms. The van der Waals surface area contributed by atoms with Gasteiger partial charge in [-0.05, 0) is 57.6 Å². The van der Waals surface area contributed by atoms with E-state index in [-0.39, 0.29) is 5.41 Å². The summed E-state index contributed by atoms with van der Waals surface area (Å²) in [4.78, 5) is 8.40. The Labute approximate surface area is 124 Å². The molecule has 102 valence electrons. The summed E-state index contributed by atoms with van der Waals surface area (Å²) in [5.41, 5.74) is 7.78. The number of rotatable bonds is 1. The molecule has 0 atom stereocenters. The molecule has 0 amide bonds. The first-order valence-electron chi connectivity index (χ1n) is 7.18. The molecule has 0 radical (unpaired) electrons. The van der Waals surface area contributed by atoms with Gasteiger partial charge in [0.05, 0.1) is 0 Å². The Kier molecular flexibility index (Phi) is 2.49. The average Bonchev–Trinajstić information content (AvgIpc) is 2.77. The summed E-state index contributed by atoms with van der Waals surface area (Å²) < 4.78 is 0. The van der Waals surface area contributed by atoms with E-state index in [2.05, 4.69) is 60.2 Å². The molecule has 1 aliphatic rings. The molecule has 2 aromatic heterocycles. The maximum atomic E-state index is 4.31. The molecule has 0 fully saturated rings. The van der Waals surface area contributed by atoms with Crippen LogP contribution in [0.3, 0.4) is 0 Å². The lowest BCUT2D eigenvalue weighted by Gasteiger charge is -2.21. The van der Waals surface area contributed by atoms with Crippen molar-refractivity contribution >= 4 is 0 Å². The van der Waals surface area contributed by atoms with Crippen LogP contribution in [0.2, 0.25) is 0 Å². The third kappa shape index (κ3) is 1.72. The molecule has 0 saturated heterocycles. The molecular weight excluding hydrogens is 256 g/mol. The van der Waals surface area contributed by atoms with Crippen LogP contribution in [0.25, 0.3) is 22.3 Å². The Bertz CT molecular complexity index is 820. The summed E-state index contributed by atoms with van der Waals surface area (Å²) in [5, 5.41) is 0. The van der Waals surface area contributed by atoms with Gasteiger partial charge in [-0.25, -0.2) is 0 Å². The van der Waals surface area contributed by atoms with Crippen LogP contribution in [-0.4, -0.2) is 9.97 Å². The summed E-state index contributed by atoms with van der Waals surface area (Å²) in [6.45, 7) is 4.55. The van der Waals surface area contributed by atoms with Gasteiger partial charge >= 0.3 is 0 Å². The van der Waals surface area contributed by atoms with Crippen LogP contribution in [0.4, 0.5) is 0 Å². The smallest absolute Gasteiger partial charge is 0.0314 e. The number of hydrogen-bond donors (Lipinski definition) is 0. The largest absolute Gasteiger partial charge is 0.265 e. The Morgan fingerprint density at radius 2 is 1.43 bits per heavy atom. The van der Waals surface area contributed by atoms with Gasteiger partial charge in [-0.3, -0.25) is 9.97 Å². The van der Waals surface area contributed by atoms with E-state index in [0.717, 1.165) is 0 Å². The van der Waals surface area contributed by atoms with E-state index in [0.29, 0.717) is 0 Å². The molecule has 0 saturated carbocycles. The summed E-state index contributed by atoms with van der Waals surface area (Å²) >= 11 is 0. The van der Waals surface area contributed by atoms with E-state index in [9.17, 15) is 0 Å². The first-order chi connectivity index (χ1) is 10.2. The number of benzene rings is 1. The minimum absolute atomic E-state index is 0.00195. The second-order valence-electron chi connectivity index (χ2n) is 6.04. The van der Waals surface area contributed by atoms with Crippen molar-refractivity contribution in [1.82, 2.24) is 9.97 Å². The van der Waals surface area contributed by atoms with Crippen LogP contribution < -0.4 is 0 Å². The maximum Gasteiger partial charge on any atom is 0.0314 e. The third-order valence-electron chi connectivity index (χ3n) is 4.49. The van der Waals surface area contributed by atoms with Gasteiger partial charge in [0.25, 0.3) is 0 Å². The predicted octanol–water partition coefficient (Wildman–Crippen LogP) is 4.45. The zero-order valence-corrected chi connectivity index (χ0v) is 12.2. The Balaban J connectivity index is 1.94. The topological polar surface area (TPSA) is 25.8 Å². The molecule has 1 aliphatic carbocycles. The van der Waals surface area contributed by atoms with Crippen molar-refractivity contribution in [2.24, 2.45) is 0 Å². The maximum absolute atomic E-state index is 4.31. The highest BCUT2D eigenvalue weighted by Crippen LogP contribution is 2.48. The normalized spacial score (nSPS) is 14.6. The first kappa shape index (κ1) is 12.3. The molecule has 2 heterocycles. The summed E-state index contributed by atoms with van der Waals surface area (Å²) in [7, 11) is 0. The van der Waals surface area contributed by atoms with Crippen molar-refractivity contribution in [1.29, 1.82) is 0 Å². The monoisotopic (exact) mass is 272 g/mol. The van der Waals surface area contributed by atoms with Gasteiger partial charge in [0.15, 0.2) is 0 Å². The van der Waals surface area contributed by atoms with Crippen LogP contribution in [0, 0.1) is 0 Å². The molecule has 2 nitrogen and oxygen atoms in total. The number of aromatic nitrogens is 2. The predicted molar refractivity (Wildman–Crippen MR) is 85.0 cm³/mol. The van der Waals surface area contributed by atoms with Crippen LogP contribution in [0.15, 0.2) is 61.2 Å². The summed E-state index contributed by atoms with van der Waals surface area (Å²) in [5.74, 6) is 0. The van der Waals surface area contributed by atoms with E-state index in [4.69, 9.17) is 0 Å². The van der Waals surface area contributed by atoms with Crippen LogP contribution in [0.1, 0.15) is 25.0 Å². The molecule has 1 aromatic carbocycles. The van der Waals surface area contributed by atoms with Gasteiger partial charge in [0, 0.05) is 30.2 Å². The highest BCUT2D eigenvalue weighted by atomic mass is 14.6. The van der Waals surface area contributed by atoms with Gasteiger partial charge < -0.3 is 0 Å². The van der Waals surface area contributed by atoms with E-state index in [1.165, 1.54) is 33.4 Å². The van der Waals surface area contributed by atoms with E-state index in [1.807, 2.05) is 24.8 Å². The fourth-order valence-corrected chi connectivity index (χ4v) is 3.29. The van der Waals surface area contributed by atoms with Gasteiger partial charge in [-0.15, -0.1) is 0 Å². The van der Waals surface area contributed by atoms with Gasteiger partial charge in [0.1, 0.15) is 0 Å². The third-order valence-corrected chi connectivity index (χ3v) is 4.49. The van der Waals surface area contributed by atoms with Crippen molar-refractivity contribution in [2.45, 2.75) is 19.3 Å². The highest BCUT2D eigenvalue weighted by molar-refractivity contribution is 5.83. The lowest BCUT2D eigenvalue weighted by Crippen LogP contribution is -2.15. The Morgan fingerprint density at radius 3 is 2.24 bits per heavy atom. The van der Waals surface area contributed by atoms with Crippen molar-refractivity contribution in [2.75, 3.05) is 0 Å². The molecule has 2 heteroatoms. The van der Waals surface area contributed by atoms with Gasteiger partial charge in [-0.1, -0.05) is 26.0 Å². The molecule has 0 N–H and O–H groups in total. The number of fused-ring (bicyclic) bond motifs is 3. The van der Waals surface area contributed by atoms with Gasteiger partial charge in [-0.2, -0.15) is 0 Å². The zero-order chi connectivity index (χ0) is 14.4. The minimum atomic E-state index is 0.00195. The lowest BCUT2D eigenvalue weighted by molar-refractivity contribution is 0.657. The SMILES string of the molecule is CC1(C)c2cnccc2-c2ccc(-c3ccncc3)cc21. The Morgan fingerprint density at radius 1 is 0.714 bits per heavy atom. The van der Waals surface area contributed by atoms with Crippen LogP contribution >= 0.6 is 0 Å². The fourth-order valence-electron chi connectivity index (χ4n) is 3.29. The molecule has 0 unspecified atom stereocenters. The number of pyridine rings is 2. The zero-order valence-electron chi connectivity index (χ0n) is 12.2. The van der Waals surface area contributed by atoms with Crippen molar-refractivity contribution in [3.05, 3.63) is 72.3 Å². The Hall–Kier alpha value is -2.48. The second-order valence-corrected chi connectivity index (χ2v) is 6.04. The van der Waals surface area contributed by atoms with Gasteiger partial charge in [0.2, 0.25) is 0 Å². The van der Waals surface area contributed by atoms with Crippen molar-refractivity contribution in [3.8, 4) is 22.3 Å². The van der Waals surface area contributed by atoms with Crippen LogP contribution in [-0.2, 0) is 5.41 Å². The lowest BCUT2D eigenvalue weighted by atomic mass is 9.82. The van der Waals surface area contributed by atoms with E-state index >= 15 is 0 Å². The molecule has 21 heavy (non-hydrogen) atoms. The van der Waals surface area contributed by atoms with E-state index < -0.39 is 0 Å². The highest BCUT2D eigenvalue weighted by Gasteiger charge is 2.35. The van der Waals surface area contributed by atoms with Crippen molar-refractivity contribution < 1.29 is 0 Å². The second kappa shape index (κ2) is 4.26.